The van der Waals surface area contributed by atoms with Gasteiger partial charge in [-0.1, -0.05) is 104 Å². The number of furan rings is 2. The van der Waals surface area contributed by atoms with Gasteiger partial charge in [-0.2, -0.15) is 0 Å². The van der Waals surface area contributed by atoms with Gasteiger partial charge in [0.05, 0.1) is 0 Å². The van der Waals surface area contributed by atoms with Gasteiger partial charge in [-0.05, 0) is 44.4 Å². The first-order chi connectivity index (χ1) is 37.9. The van der Waals surface area contributed by atoms with Gasteiger partial charge in [-0.15, -0.1) is 49.2 Å². The minimum absolute atomic E-state index is 0.882. The van der Waals surface area contributed by atoms with Crippen LogP contribution in [-0.2, 0) is 6.42 Å². The van der Waals surface area contributed by atoms with E-state index >= 15 is 0 Å². The van der Waals surface area contributed by atoms with Crippen molar-refractivity contribution in [1.29, 1.82) is 0 Å². The largest absolute Gasteiger partial charge is 0.457 e. The van der Waals surface area contributed by atoms with E-state index in [-0.39, 0.29) is 0 Å². The third kappa shape index (κ3) is 7.50. The zero-order valence-electron chi connectivity index (χ0n) is 55.0. The number of hydrogen-bond donors (Lipinski definition) is 0. The molecule has 0 aliphatic heterocycles. The summed E-state index contributed by atoms with van der Waals surface area (Å²) in [5.74, 6) is 0. The highest BCUT2D eigenvalue weighted by atomic mass is 16.3. The topological polar surface area (TPSA) is 29.5 Å². The molecule has 81 heavy (non-hydrogen) atoms. The molecule has 0 bridgehead atoms. The number of fused-ring (bicyclic) bond motifs is 9. The zero-order chi connectivity index (χ0) is 59.4. The molecule has 360 valence electrons. The second kappa shape index (κ2) is 19.6. The summed E-state index contributed by atoms with van der Waals surface area (Å²) in [6.45, 7) is 0. The Morgan fingerprint density at radius 1 is 0.185 bits per heavy atom. The van der Waals surface area contributed by atoms with E-state index in [4.69, 9.17) is 8.83 Å². The van der Waals surface area contributed by atoms with Crippen molar-refractivity contribution in [1.82, 2.24) is 0 Å². The fourth-order valence-electron chi connectivity index (χ4n) is 15.9. The van der Waals surface area contributed by atoms with Gasteiger partial charge in [0, 0.05) is 50.6 Å². The third-order valence-electron chi connectivity index (χ3n) is 23.0. The lowest BCUT2D eigenvalue weighted by Crippen LogP contribution is -2.57. The van der Waals surface area contributed by atoms with Crippen molar-refractivity contribution in [2.24, 2.45) is 0 Å². The van der Waals surface area contributed by atoms with Crippen molar-refractivity contribution in [3.8, 4) is 33.4 Å². The fraction of sp³-hybridized carbons (Fsp3) is 0.0204. The number of anilines is 3. The van der Waals surface area contributed by atoms with Gasteiger partial charge < -0.3 is 13.7 Å². The van der Waals surface area contributed by atoms with Crippen molar-refractivity contribution in [3.05, 3.63) is 11.1 Å². The Kier molecular flexibility index (Phi) is 14.0. The normalized spacial score (nSPS) is 12.1. The van der Waals surface area contributed by atoms with Crippen molar-refractivity contribution in [2.75, 3.05) is 4.90 Å². The maximum Gasteiger partial charge on any atom is 0.145 e. The highest BCUT2D eigenvalue weighted by molar-refractivity contribution is 6.75. The molecule has 0 spiro atoms. The fourth-order valence-corrected chi connectivity index (χ4v) is 15.9. The van der Waals surface area contributed by atoms with Crippen LogP contribution in [0, 0.1) is 0 Å². The average Bonchev–Trinajstić information content (AvgIpc) is 2.06. The summed E-state index contributed by atoms with van der Waals surface area (Å²) in [7, 11) is 67.9. The lowest BCUT2D eigenvalue weighted by molar-refractivity contribution is 0.669. The molecule has 0 fully saturated rings. The van der Waals surface area contributed by atoms with Crippen molar-refractivity contribution >= 4 is 447 Å². The van der Waals surface area contributed by atoms with E-state index in [2.05, 4.69) is 232 Å². The second-order valence-corrected chi connectivity index (χ2v) is 25.9. The molecule has 0 unspecified atom stereocenters. The monoisotopic (exact) mass is 1010 g/mol. The molecule has 32 heteroatoms. The Morgan fingerprint density at radius 2 is 0.457 bits per heavy atom. The molecule has 0 saturated heterocycles. The molecule has 0 saturated carbocycles. The van der Waals surface area contributed by atoms with Crippen LogP contribution in [0.25, 0.3) is 77.3 Å². The van der Waals surface area contributed by atoms with Gasteiger partial charge in [-0.25, -0.2) is 0 Å². The van der Waals surface area contributed by atoms with Gasteiger partial charge in [0.2, 0.25) is 0 Å². The van der Waals surface area contributed by atoms with Gasteiger partial charge in [0.25, 0.3) is 0 Å². The molecule has 0 atom stereocenters. The molecular formula is C49H60B29NO2. The molecule has 0 N–H and O–H groups in total. The van der Waals surface area contributed by atoms with Crippen LogP contribution in [0.5, 0.6) is 0 Å². The van der Waals surface area contributed by atoms with E-state index < -0.39 is 0 Å². The molecule has 0 radical (unpaired) electrons. The van der Waals surface area contributed by atoms with Crippen molar-refractivity contribution < 1.29 is 8.83 Å². The number of nitrogens with zero attached hydrogens (tertiary/aromatic N) is 1. The molecule has 1 aliphatic carbocycles. The van der Waals surface area contributed by atoms with Crippen LogP contribution in [0.1, 0.15) is 11.1 Å². The SMILES string of the molecule is Bc1c(B)c(B)c(-c2c(B)c(B)c(N(c3c(B)c(B)c(B)c4c3Cc3c(B)c(B)c(B)c(B)c3-4)c3c(B)c(B)c4oc5c(-c6c(B)c(B)c(B)c(B)c6B)c6c(oc7c(B)c(B)c(B)c(B)c76)c(B)c5c4c3B)c(B)c2B)c(B)c1B. The Hall–Kier alpha value is -4.96. The summed E-state index contributed by atoms with van der Waals surface area (Å²) in [5, 5.41) is 4.68. The molecule has 2 aromatic heterocycles. The van der Waals surface area contributed by atoms with Gasteiger partial charge in [-0.3, -0.25) is 0 Å². The summed E-state index contributed by atoms with van der Waals surface area (Å²) >= 11 is 0. The van der Waals surface area contributed by atoms with E-state index in [9.17, 15) is 0 Å². The minimum atomic E-state index is 0.882. The maximum atomic E-state index is 7.79. The van der Waals surface area contributed by atoms with Crippen LogP contribution < -0.4 is 163 Å². The quantitative estimate of drug-likeness (QED) is 0.161. The van der Waals surface area contributed by atoms with Gasteiger partial charge in [0.1, 0.15) is 250 Å². The van der Waals surface area contributed by atoms with Crippen molar-refractivity contribution in [3.63, 3.8) is 0 Å². The lowest BCUT2D eigenvalue weighted by atomic mass is 9.56. The maximum absolute atomic E-state index is 7.79. The summed E-state index contributed by atoms with van der Waals surface area (Å²) in [6.07, 6.45) is 0.882. The molecule has 10 aromatic rings. The van der Waals surface area contributed by atoms with Crippen LogP contribution in [0.2, 0.25) is 0 Å². The average molecular weight is 1010 g/mol. The molecule has 3 nitrogen and oxygen atoms in total. The summed E-state index contributed by atoms with van der Waals surface area (Å²) in [5.41, 5.74) is 57.0. The van der Waals surface area contributed by atoms with Crippen LogP contribution in [-0.4, -0.2) is 228 Å². The highest BCUT2D eigenvalue weighted by Crippen LogP contribution is 2.44. The Balaban J connectivity index is 1.37. The van der Waals surface area contributed by atoms with E-state index in [0.717, 1.165) is 45.2 Å². The summed E-state index contributed by atoms with van der Waals surface area (Å²) < 4.78 is 15.2. The minimum Gasteiger partial charge on any atom is -0.457 e. The highest BCUT2D eigenvalue weighted by Gasteiger charge is 2.37. The molecule has 11 rings (SSSR count). The smallest absolute Gasteiger partial charge is 0.145 e. The first-order valence-electron chi connectivity index (χ1n) is 29.9. The molecule has 8 aromatic carbocycles. The van der Waals surface area contributed by atoms with E-state index in [1.165, 1.54) is 225 Å². The van der Waals surface area contributed by atoms with E-state index in [1.807, 2.05) is 0 Å². The lowest BCUT2D eigenvalue weighted by Gasteiger charge is -2.39. The third-order valence-corrected chi connectivity index (χ3v) is 23.0. The Morgan fingerprint density at radius 3 is 0.938 bits per heavy atom. The predicted molar refractivity (Wildman–Crippen MR) is 452 cm³/mol. The Bertz CT molecular complexity index is 4590. The first kappa shape index (κ1) is 57.8. The van der Waals surface area contributed by atoms with Crippen LogP contribution in [0.15, 0.2) is 8.83 Å². The predicted octanol–water partition coefficient (Wildman–Crippen LogP) is -36.6. The summed E-state index contributed by atoms with van der Waals surface area (Å²) in [6, 6.07) is 0. The number of hydrogen-bond acceptors (Lipinski definition) is 3. The molecule has 2 heterocycles. The van der Waals surface area contributed by atoms with E-state index in [0.29, 0.717) is 0 Å². The molecule has 0 amide bonds. The van der Waals surface area contributed by atoms with Gasteiger partial charge in [0.15, 0.2) is 0 Å². The number of rotatable bonds is 5. The van der Waals surface area contributed by atoms with Gasteiger partial charge >= 0.3 is 0 Å². The zero-order valence-corrected chi connectivity index (χ0v) is 55.0. The summed E-state index contributed by atoms with van der Waals surface area (Å²) in [4.78, 5) is 2.79. The molecular weight excluding hydrogens is 948 g/mol. The molecule has 1 aliphatic rings. The Labute approximate surface area is 508 Å². The second-order valence-electron chi connectivity index (χ2n) is 25.9. The van der Waals surface area contributed by atoms with Crippen molar-refractivity contribution in [2.45, 2.75) is 6.42 Å². The number of benzene rings is 8. The van der Waals surface area contributed by atoms with Crippen LogP contribution >= 0.6 is 0 Å². The van der Waals surface area contributed by atoms with Crippen LogP contribution in [0.4, 0.5) is 17.1 Å². The van der Waals surface area contributed by atoms with Crippen LogP contribution in [0.3, 0.4) is 0 Å². The van der Waals surface area contributed by atoms with E-state index in [1.54, 1.807) is 0 Å². The standard InChI is InChI=1S/C49H60B29NO2/c50-14-2-1-3-5(4(2)15(51)27(63)26(14)62)16(52)33(69)39(75)43(3)79(45-37(73)21(57)10(22(58)38(45)74)9-19(55)30(66)35(71)31(67)20(9)56)44-24(60)12-13-25(61)47-7(11-23(59)32(68)36(72)41(77)48(11)81-47)6(46(13)80-49(12)42(78)40(44)76)8-17(53)28(64)34(70)29(65)18(8)54/h1,50-78H2. The first-order valence-corrected chi connectivity index (χ1v) is 29.9.